The van der Waals surface area contributed by atoms with Crippen molar-refractivity contribution in [3.8, 4) is 0 Å². The number of hydrogen-bond donors (Lipinski definition) is 0. The first kappa shape index (κ1) is 12.6. The Balaban J connectivity index is 2.61. The SMILES string of the molecule is CCOC(=O)CN(C)C(=O)c1ccoc1Cl. The summed E-state index contributed by atoms with van der Waals surface area (Å²) in [6, 6.07) is 1.45. The van der Waals surface area contributed by atoms with E-state index in [1.807, 2.05) is 0 Å². The predicted octanol–water partition coefficient (Wildman–Crippen LogP) is 1.57. The number of ether oxygens (including phenoxy) is 1. The maximum absolute atomic E-state index is 11.7. The summed E-state index contributed by atoms with van der Waals surface area (Å²) in [6.45, 7) is 1.87. The van der Waals surface area contributed by atoms with Crippen LogP contribution < -0.4 is 0 Å². The van der Waals surface area contributed by atoms with Crippen molar-refractivity contribution in [3.63, 3.8) is 0 Å². The Morgan fingerprint density at radius 2 is 2.25 bits per heavy atom. The number of amides is 1. The number of furan rings is 1. The van der Waals surface area contributed by atoms with Gasteiger partial charge in [0.2, 0.25) is 5.22 Å². The molecular weight excluding hydrogens is 234 g/mol. The molecule has 0 radical (unpaired) electrons. The van der Waals surface area contributed by atoms with Gasteiger partial charge in [0.15, 0.2) is 0 Å². The number of carbonyl (C=O) groups excluding carboxylic acids is 2. The van der Waals surface area contributed by atoms with Crippen LogP contribution in [0.4, 0.5) is 0 Å². The quantitative estimate of drug-likeness (QED) is 0.756. The Kier molecular flexibility index (Phi) is 4.37. The van der Waals surface area contributed by atoms with Crippen LogP contribution in [0.1, 0.15) is 17.3 Å². The van der Waals surface area contributed by atoms with Crippen LogP contribution in [0.25, 0.3) is 0 Å². The van der Waals surface area contributed by atoms with Gasteiger partial charge in [0, 0.05) is 7.05 Å². The Morgan fingerprint density at radius 1 is 1.56 bits per heavy atom. The van der Waals surface area contributed by atoms with Crippen molar-refractivity contribution in [2.45, 2.75) is 6.92 Å². The standard InChI is InChI=1S/C10H12ClNO4/c1-3-15-8(13)6-12(2)10(14)7-4-5-16-9(7)11/h4-5H,3,6H2,1-2H3. The molecule has 0 aliphatic rings. The number of likely N-dealkylation sites (N-methyl/N-ethyl adjacent to an activating group) is 1. The first-order chi connectivity index (χ1) is 7.56. The van der Waals surface area contributed by atoms with Crippen molar-refractivity contribution in [1.82, 2.24) is 4.90 Å². The molecule has 0 aromatic carbocycles. The third kappa shape index (κ3) is 3.00. The molecule has 0 aliphatic carbocycles. The molecule has 0 saturated heterocycles. The van der Waals surface area contributed by atoms with Gasteiger partial charge in [0.1, 0.15) is 6.54 Å². The average Bonchev–Trinajstić information content (AvgIpc) is 2.63. The molecule has 0 unspecified atom stereocenters. The second-order valence-electron chi connectivity index (χ2n) is 3.07. The third-order valence-corrected chi connectivity index (χ3v) is 2.16. The molecule has 1 aromatic heterocycles. The van der Waals surface area contributed by atoms with E-state index in [4.69, 9.17) is 20.8 Å². The number of esters is 1. The van der Waals surface area contributed by atoms with Crippen molar-refractivity contribution >= 4 is 23.5 Å². The summed E-state index contributed by atoms with van der Waals surface area (Å²) in [5, 5.41) is 0.0145. The van der Waals surface area contributed by atoms with E-state index in [2.05, 4.69) is 0 Å². The maximum atomic E-state index is 11.7. The predicted molar refractivity (Wildman–Crippen MR) is 57.3 cm³/mol. The highest BCUT2D eigenvalue weighted by atomic mass is 35.5. The van der Waals surface area contributed by atoms with Crippen LogP contribution in [0.5, 0.6) is 0 Å². The van der Waals surface area contributed by atoms with Crippen molar-refractivity contribution in [2.24, 2.45) is 0 Å². The van der Waals surface area contributed by atoms with E-state index < -0.39 is 5.97 Å². The molecule has 5 nitrogen and oxygen atoms in total. The molecule has 0 bridgehead atoms. The summed E-state index contributed by atoms with van der Waals surface area (Å²) in [5.74, 6) is -0.843. The van der Waals surface area contributed by atoms with Crippen molar-refractivity contribution in [1.29, 1.82) is 0 Å². The van der Waals surface area contributed by atoms with Crippen molar-refractivity contribution < 1.29 is 18.7 Å². The number of halogens is 1. The van der Waals surface area contributed by atoms with Gasteiger partial charge in [-0.2, -0.15) is 0 Å². The molecule has 1 aromatic rings. The summed E-state index contributed by atoms with van der Waals surface area (Å²) < 4.78 is 9.51. The molecule has 6 heteroatoms. The van der Waals surface area contributed by atoms with Crippen LogP contribution in [0.15, 0.2) is 16.7 Å². The third-order valence-electron chi connectivity index (χ3n) is 1.87. The highest BCUT2D eigenvalue weighted by Gasteiger charge is 2.19. The lowest BCUT2D eigenvalue weighted by atomic mass is 10.3. The normalized spacial score (nSPS) is 9.94. The van der Waals surface area contributed by atoms with Gasteiger partial charge in [-0.25, -0.2) is 0 Å². The fourth-order valence-corrected chi connectivity index (χ4v) is 1.32. The molecule has 16 heavy (non-hydrogen) atoms. The highest BCUT2D eigenvalue weighted by molar-refractivity contribution is 6.32. The molecular formula is C10H12ClNO4. The first-order valence-electron chi connectivity index (χ1n) is 4.70. The van der Waals surface area contributed by atoms with E-state index in [9.17, 15) is 9.59 Å². The van der Waals surface area contributed by atoms with E-state index in [0.29, 0.717) is 0 Å². The second kappa shape index (κ2) is 5.55. The van der Waals surface area contributed by atoms with Gasteiger partial charge in [-0.3, -0.25) is 9.59 Å². The molecule has 0 spiro atoms. The maximum Gasteiger partial charge on any atom is 0.325 e. The van der Waals surface area contributed by atoms with Crippen LogP contribution in [-0.4, -0.2) is 37.0 Å². The highest BCUT2D eigenvalue weighted by Crippen LogP contribution is 2.17. The fraction of sp³-hybridized carbons (Fsp3) is 0.400. The minimum atomic E-state index is -0.460. The molecule has 0 fully saturated rings. The summed E-state index contributed by atoms with van der Waals surface area (Å²) in [5.41, 5.74) is 0.230. The molecule has 1 heterocycles. The van der Waals surface area contributed by atoms with Crippen LogP contribution in [-0.2, 0) is 9.53 Å². The zero-order chi connectivity index (χ0) is 12.1. The van der Waals surface area contributed by atoms with E-state index in [1.165, 1.54) is 24.3 Å². The minimum Gasteiger partial charge on any atom is -0.465 e. The number of nitrogens with zero attached hydrogens (tertiary/aromatic N) is 1. The number of rotatable bonds is 4. The first-order valence-corrected chi connectivity index (χ1v) is 5.08. The van der Waals surface area contributed by atoms with Gasteiger partial charge >= 0.3 is 5.97 Å². The molecule has 0 N–H and O–H groups in total. The lowest BCUT2D eigenvalue weighted by molar-refractivity contribution is -0.143. The molecule has 1 amide bonds. The van der Waals surface area contributed by atoms with Crippen molar-refractivity contribution in [2.75, 3.05) is 20.2 Å². The fourth-order valence-electron chi connectivity index (χ4n) is 1.12. The second-order valence-corrected chi connectivity index (χ2v) is 3.42. The zero-order valence-electron chi connectivity index (χ0n) is 9.03. The summed E-state index contributed by atoms with van der Waals surface area (Å²) in [4.78, 5) is 24.1. The van der Waals surface area contributed by atoms with Crippen LogP contribution in [0.3, 0.4) is 0 Å². The van der Waals surface area contributed by atoms with E-state index in [-0.39, 0.29) is 29.8 Å². The molecule has 0 aliphatic heterocycles. The van der Waals surface area contributed by atoms with Crippen LogP contribution >= 0.6 is 11.6 Å². The largest absolute Gasteiger partial charge is 0.465 e. The van der Waals surface area contributed by atoms with E-state index >= 15 is 0 Å². The molecule has 88 valence electrons. The molecule has 0 atom stereocenters. The van der Waals surface area contributed by atoms with Gasteiger partial charge < -0.3 is 14.1 Å². The number of carbonyl (C=O) groups is 2. The van der Waals surface area contributed by atoms with Crippen LogP contribution in [0.2, 0.25) is 5.22 Å². The summed E-state index contributed by atoms with van der Waals surface area (Å²) in [7, 11) is 1.49. The van der Waals surface area contributed by atoms with Crippen molar-refractivity contribution in [3.05, 3.63) is 23.1 Å². The summed E-state index contributed by atoms with van der Waals surface area (Å²) in [6.07, 6.45) is 1.31. The van der Waals surface area contributed by atoms with E-state index in [0.717, 1.165) is 0 Å². The Hall–Kier alpha value is -1.49. The van der Waals surface area contributed by atoms with Gasteiger partial charge in [0.05, 0.1) is 18.4 Å². The van der Waals surface area contributed by atoms with Crippen LogP contribution in [0, 0.1) is 0 Å². The molecule has 0 saturated carbocycles. The Bertz CT molecular complexity index is 388. The monoisotopic (exact) mass is 245 g/mol. The Morgan fingerprint density at radius 3 is 2.75 bits per heavy atom. The average molecular weight is 246 g/mol. The lowest BCUT2D eigenvalue weighted by Crippen LogP contribution is -2.32. The zero-order valence-corrected chi connectivity index (χ0v) is 9.78. The number of hydrogen-bond acceptors (Lipinski definition) is 4. The lowest BCUT2D eigenvalue weighted by Gasteiger charge is -2.14. The smallest absolute Gasteiger partial charge is 0.325 e. The van der Waals surface area contributed by atoms with E-state index in [1.54, 1.807) is 6.92 Å². The molecule has 1 rings (SSSR count). The summed E-state index contributed by atoms with van der Waals surface area (Å²) >= 11 is 5.65. The Labute approximate surface area is 97.9 Å². The van der Waals surface area contributed by atoms with Gasteiger partial charge in [-0.05, 0) is 24.6 Å². The minimum absolute atomic E-state index is 0.0145. The van der Waals surface area contributed by atoms with Gasteiger partial charge in [0.25, 0.3) is 5.91 Å². The van der Waals surface area contributed by atoms with Gasteiger partial charge in [-0.1, -0.05) is 0 Å². The topological polar surface area (TPSA) is 59.8 Å². The van der Waals surface area contributed by atoms with Gasteiger partial charge in [-0.15, -0.1) is 0 Å².